The maximum Gasteiger partial charge on any atom is 0.126 e. The van der Waals surface area contributed by atoms with Crippen molar-refractivity contribution in [3.05, 3.63) is 35.1 Å². The van der Waals surface area contributed by atoms with Crippen molar-refractivity contribution in [1.82, 2.24) is 5.32 Å². The zero-order chi connectivity index (χ0) is 13.4. The number of halogens is 1. The molecule has 0 saturated heterocycles. The van der Waals surface area contributed by atoms with Crippen LogP contribution in [0, 0.1) is 25.1 Å². The van der Waals surface area contributed by atoms with E-state index >= 15 is 0 Å². The van der Waals surface area contributed by atoms with E-state index in [0.29, 0.717) is 5.56 Å². The van der Waals surface area contributed by atoms with Crippen LogP contribution in [0.25, 0.3) is 0 Å². The Hall–Kier alpha value is -1.33. The summed E-state index contributed by atoms with van der Waals surface area (Å²) in [6.07, 6.45) is 9.03. The minimum absolute atomic E-state index is 0.132. The van der Waals surface area contributed by atoms with Gasteiger partial charge in [-0.15, -0.1) is 12.3 Å². The highest BCUT2D eigenvalue weighted by atomic mass is 19.1. The van der Waals surface area contributed by atoms with Crippen LogP contribution in [0.1, 0.15) is 49.8 Å². The van der Waals surface area contributed by atoms with Gasteiger partial charge in [-0.2, -0.15) is 0 Å². The number of hydrogen-bond donors (Lipinski definition) is 1. The summed E-state index contributed by atoms with van der Waals surface area (Å²) < 4.78 is 13.6. The van der Waals surface area contributed by atoms with Gasteiger partial charge in [0.05, 0.1) is 0 Å². The van der Waals surface area contributed by atoms with Gasteiger partial charge in [0.1, 0.15) is 5.82 Å². The fourth-order valence-corrected chi connectivity index (χ4v) is 1.94. The van der Waals surface area contributed by atoms with Gasteiger partial charge in [-0.05, 0) is 49.9 Å². The first-order valence-corrected chi connectivity index (χ1v) is 6.62. The molecule has 2 heteroatoms. The maximum atomic E-state index is 13.6. The van der Waals surface area contributed by atoms with E-state index < -0.39 is 0 Å². The number of benzene rings is 1. The van der Waals surface area contributed by atoms with Gasteiger partial charge < -0.3 is 5.32 Å². The van der Waals surface area contributed by atoms with E-state index in [1.165, 1.54) is 0 Å². The van der Waals surface area contributed by atoms with Gasteiger partial charge >= 0.3 is 0 Å². The lowest BCUT2D eigenvalue weighted by molar-refractivity contribution is 0.484. The van der Waals surface area contributed by atoms with Crippen molar-refractivity contribution in [2.75, 3.05) is 6.54 Å². The largest absolute Gasteiger partial charge is 0.310 e. The zero-order valence-electron chi connectivity index (χ0n) is 11.3. The van der Waals surface area contributed by atoms with Crippen LogP contribution in [0.3, 0.4) is 0 Å². The van der Waals surface area contributed by atoms with E-state index in [1.54, 1.807) is 13.0 Å². The molecule has 98 valence electrons. The number of rotatable bonds is 7. The quantitative estimate of drug-likeness (QED) is 0.567. The Bertz CT molecular complexity index is 406. The molecule has 0 heterocycles. The minimum atomic E-state index is -0.132. The standard InChI is InChI=1S/C16H22FN/c1-4-6-7-8-16(18-11-5-2)14-10-9-13(3)15(17)12-14/h1,9-10,12,16,18H,5-8,11H2,2-3H3. The highest BCUT2D eigenvalue weighted by molar-refractivity contribution is 5.25. The van der Waals surface area contributed by atoms with Crippen LogP contribution < -0.4 is 5.32 Å². The summed E-state index contributed by atoms with van der Waals surface area (Å²) in [7, 11) is 0. The Kier molecular flexibility index (Phi) is 6.46. The average molecular weight is 247 g/mol. The molecule has 1 rings (SSSR count). The van der Waals surface area contributed by atoms with Gasteiger partial charge in [-0.25, -0.2) is 4.39 Å². The van der Waals surface area contributed by atoms with E-state index in [-0.39, 0.29) is 11.9 Å². The molecule has 1 N–H and O–H groups in total. The smallest absolute Gasteiger partial charge is 0.126 e. The molecule has 1 unspecified atom stereocenters. The van der Waals surface area contributed by atoms with E-state index in [1.807, 2.05) is 12.1 Å². The molecule has 1 aromatic rings. The minimum Gasteiger partial charge on any atom is -0.310 e. The van der Waals surface area contributed by atoms with Gasteiger partial charge in [0, 0.05) is 12.5 Å². The van der Waals surface area contributed by atoms with Crippen molar-refractivity contribution < 1.29 is 4.39 Å². The number of nitrogens with one attached hydrogen (secondary N) is 1. The van der Waals surface area contributed by atoms with Crippen molar-refractivity contribution >= 4 is 0 Å². The molecule has 1 nitrogen and oxygen atoms in total. The van der Waals surface area contributed by atoms with E-state index in [2.05, 4.69) is 18.2 Å². The van der Waals surface area contributed by atoms with Gasteiger partial charge in [0.25, 0.3) is 0 Å². The molecule has 0 amide bonds. The Morgan fingerprint density at radius 2 is 2.22 bits per heavy atom. The summed E-state index contributed by atoms with van der Waals surface area (Å²) in [5.74, 6) is 2.52. The molecule has 1 atom stereocenters. The Morgan fingerprint density at radius 3 is 2.83 bits per heavy atom. The molecule has 0 bridgehead atoms. The van der Waals surface area contributed by atoms with Crippen molar-refractivity contribution in [3.8, 4) is 12.3 Å². The SMILES string of the molecule is C#CCCCC(NCCC)c1ccc(C)c(F)c1. The van der Waals surface area contributed by atoms with Gasteiger partial charge in [-0.1, -0.05) is 19.1 Å². The first-order chi connectivity index (χ1) is 8.69. The van der Waals surface area contributed by atoms with Crippen LogP contribution in [0.2, 0.25) is 0 Å². The molecule has 0 aliphatic carbocycles. The predicted octanol–water partition coefficient (Wildman–Crippen LogP) is 3.98. The lowest BCUT2D eigenvalue weighted by atomic mass is 9.99. The number of hydrogen-bond acceptors (Lipinski definition) is 1. The lowest BCUT2D eigenvalue weighted by Gasteiger charge is -2.19. The summed E-state index contributed by atoms with van der Waals surface area (Å²) in [5.41, 5.74) is 1.71. The van der Waals surface area contributed by atoms with Crippen LogP contribution in [0.4, 0.5) is 4.39 Å². The number of unbranched alkanes of at least 4 members (excludes halogenated alkanes) is 1. The molecule has 0 radical (unpaired) electrons. The van der Waals surface area contributed by atoms with E-state index in [4.69, 9.17) is 6.42 Å². The molecule has 0 aromatic heterocycles. The second-order valence-electron chi connectivity index (χ2n) is 4.61. The molecule has 18 heavy (non-hydrogen) atoms. The third kappa shape index (κ3) is 4.50. The third-order valence-electron chi connectivity index (χ3n) is 3.05. The van der Waals surface area contributed by atoms with Crippen LogP contribution in [-0.2, 0) is 0 Å². The summed E-state index contributed by atoms with van der Waals surface area (Å²) in [6.45, 7) is 4.85. The Balaban J connectivity index is 2.73. The van der Waals surface area contributed by atoms with Crippen LogP contribution in [0.5, 0.6) is 0 Å². The fourth-order valence-electron chi connectivity index (χ4n) is 1.94. The lowest BCUT2D eigenvalue weighted by Crippen LogP contribution is -2.22. The van der Waals surface area contributed by atoms with Crippen LogP contribution >= 0.6 is 0 Å². The van der Waals surface area contributed by atoms with Crippen LogP contribution in [0.15, 0.2) is 18.2 Å². The Labute approximate surface area is 110 Å². The van der Waals surface area contributed by atoms with Crippen molar-refractivity contribution in [3.63, 3.8) is 0 Å². The third-order valence-corrected chi connectivity index (χ3v) is 3.05. The van der Waals surface area contributed by atoms with Gasteiger partial charge in [0.15, 0.2) is 0 Å². The number of aryl methyl sites for hydroxylation is 1. The second kappa shape index (κ2) is 7.89. The van der Waals surface area contributed by atoms with E-state index in [0.717, 1.165) is 37.8 Å². The predicted molar refractivity (Wildman–Crippen MR) is 74.9 cm³/mol. The topological polar surface area (TPSA) is 12.0 Å². The maximum absolute atomic E-state index is 13.6. The highest BCUT2D eigenvalue weighted by Gasteiger charge is 2.11. The summed E-state index contributed by atoms with van der Waals surface area (Å²) in [6, 6.07) is 5.68. The van der Waals surface area contributed by atoms with Gasteiger partial charge in [0.2, 0.25) is 0 Å². The van der Waals surface area contributed by atoms with Crippen molar-refractivity contribution in [2.45, 2.75) is 45.6 Å². The van der Waals surface area contributed by atoms with Crippen molar-refractivity contribution in [1.29, 1.82) is 0 Å². The molecule has 1 aromatic carbocycles. The molecule has 0 fully saturated rings. The fraction of sp³-hybridized carbons (Fsp3) is 0.500. The monoisotopic (exact) mass is 247 g/mol. The normalized spacial score (nSPS) is 12.1. The molecule has 0 saturated carbocycles. The van der Waals surface area contributed by atoms with Crippen molar-refractivity contribution in [2.24, 2.45) is 0 Å². The van der Waals surface area contributed by atoms with Crippen LogP contribution in [-0.4, -0.2) is 6.54 Å². The first-order valence-electron chi connectivity index (χ1n) is 6.62. The summed E-state index contributed by atoms with van der Waals surface area (Å²) in [5, 5.41) is 3.46. The molecular formula is C16H22FN. The number of terminal acetylenes is 1. The Morgan fingerprint density at radius 1 is 1.44 bits per heavy atom. The zero-order valence-corrected chi connectivity index (χ0v) is 11.3. The second-order valence-corrected chi connectivity index (χ2v) is 4.61. The van der Waals surface area contributed by atoms with Gasteiger partial charge in [-0.3, -0.25) is 0 Å². The highest BCUT2D eigenvalue weighted by Crippen LogP contribution is 2.21. The first kappa shape index (κ1) is 14.7. The summed E-state index contributed by atoms with van der Waals surface area (Å²) >= 11 is 0. The molecular weight excluding hydrogens is 225 g/mol. The molecule has 0 aliphatic rings. The average Bonchev–Trinajstić information content (AvgIpc) is 2.37. The molecule has 0 spiro atoms. The van der Waals surface area contributed by atoms with E-state index in [9.17, 15) is 4.39 Å². The molecule has 0 aliphatic heterocycles. The summed E-state index contributed by atoms with van der Waals surface area (Å²) in [4.78, 5) is 0.